The van der Waals surface area contributed by atoms with Crippen LogP contribution in [0.25, 0.3) is 0 Å². The zero-order valence-corrected chi connectivity index (χ0v) is 11.2. The van der Waals surface area contributed by atoms with E-state index in [-0.39, 0.29) is 11.4 Å². The van der Waals surface area contributed by atoms with Crippen LogP contribution in [-0.2, 0) is 6.54 Å². The predicted octanol–water partition coefficient (Wildman–Crippen LogP) is 2.78. The highest BCUT2D eigenvalue weighted by atomic mass is 16.6. The Morgan fingerprint density at radius 2 is 2.00 bits per heavy atom. The van der Waals surface area contributed by atoms with Gasteiger partial charge in [0.25, 0.3) is 11.4 Å². The van der Waals surface area contributed by atoms with Crippen molar-refractivity contribution in [2.45, 2.75) is 38.8 Å². The lowest BCUT2D eigenvalue weighted by atomic mass is 10.1. The number of benzene rings is 1. The van der Waals surface area contributed by atoms with Gasteiger partial charge in [0.1, 0.15) is 0 Å². The molecule has 0 bridgehead atoms. The fraction of sp³-hybridized carbons (Fsp3) is 0.538. The fourth-order valence-electron chi connectivity index (χ4n) is 2.63. The molecule has 2 rings (SSSR count). The Morgan fingerprint density at radius 1 is 1.25 bits per heavy atom. The predicted molar refractivity (Wildman–Crippen MR) is 73.4 cm³/mol. The fourth-order valence-corrected chi connectivity index (χ4v) is 2.63. The maximum Gasteiger partial charge on any atom is 0.280 e. The zero-order chi connectivity index (χ0) is 14.7. The molecule has 0 heterocycles. The van der Waals surface area contributed by atoms with Gasteiger partial charge in [-0.1, -0.05) is 6.92 Å². The van der Waals surface area contributed by atoms with E-state index in [2.05, 4.69) is 12.2 Å². The molecule has 1 aromatic rings. The Kier molecular flexibility index (Phi) is 4.29. The van der Waals surface area contributed by atoms with Crippen molar-refractivity contribution >= 4 is 11.4 Å². The van der Waals surface area contributed by atoms with Crippen molar-refractivity contribution in [2.75, 3.05) is 0 Å². The first-order valence-corrected chi connectivity index (χ1v) is 6.62. The average molecular weight is 279 g/mol. The van der Waals surface area contributed by atoms with E-state index in [0.29, 0.717) is 24.1 Å². The van der Waals surface area contributed by atoms with E-state index in [1.54, 1.807) is 0 Å². The summed E-state index contributed by atoms with van der Waals surface area (Å²) >= 11 is 0. The second-order valence-corrected chi connectivity index (χ2v) is 5.32. The van der Waals surface area contributed by atoms with Crippen molar-refractivity contribution in [1.82, 2.24) is 5.32 Å². The van der Waals surface area contributed by atoms with Crippen molar-refractivity contribution in [3.05, 3.63) is 44.0 Å². The molecule has 1 aromatic carbocycles. The van der Waals surface area contributed by atoms with Crippen LogP contribution in [0.5, 0.6) is 0 Å². The highest BCUT2D eigenvalue weighted by molar-refractivity contribution is 5.49. The van der Waals surface area contributed by atoms with E-state index >= 15 is 0 Å². The number of nitro benzene ring substituents is 2. The van der Waals surface area contributed by atoms with Crippen molar-refractivity contribution in [3.8, 4) is 0 Å². The summed E-state index contributed by atoms with van der Waals surface area (Å²) in [5.74, 6) is 0.680. The zero-order valence-electron chi connectivity index (χ0n) is 11.2. The number of nitro groups is 2. The van der Waals surface area contributed by atoms with Gasteiger partial charge in [-0.2, -0.15) is 0 Å². The first kappa shape index (κ1) is 14.4. The Hall–Kier alpha value is -2.02. The summed E-state index contributed by atoms with van der Waals surface area (Å²) in [7, 11) is 0. The Bertz CT molecular complexity index is 532. The standard InChI is InChI=1S/C13H17N3O4/c1-9-2-4-11(6-9)14-8-10-3-5-12(15(17)18)7-13(10)16(19)20/h3,5,7,9,11,14H,2,4,6,8H2,1H3. The van der Waals surface area contributed by atoms with Crippen molar-refractivity contribution in [3.63, 3.8) is 0 Å². The highest BCUT2D eigenvalue weighted by Gasteiger charge is 2.23. The molecule has 0 amide bonds. The second-order valence-electron chi connectivity index (χ2n) is 5.32. The SMILES string of the molecule is CC1CCC(NCc2ccc([N+](=O)[O-])cc2[N+](=O)[O-])C1. The van der Waals surface area contributed by atoms with Crippen molar-refractivity contribution in [1.29, 1.82) is 0 Å². The minimum atomic E-state index is -0.622. The highest BCUT2D eigenvalue weighted by Crippen LogP contribution is 2.27. The van der Waals surface area contributed by atoms with Gasteiger partial charge in [0.2, 0.25) is 0 Å². The lowest BCUT2D eigenvalue weighted by molar-refractivity contribution is -0.394. The number of nitrogens with zero attached hydrogens (tertiary/aromatic N) is 2. The summed E-state index contributed by atoms with van der Waals surface area (Å²) in [5, 5.41) is 25.0. The maximum absolute atomic E-state index is 11.0. The van der Waals surface area contributed by atoms with Crippen LogP contribution < -0.4 is 5.32 Å². The van der Waals surface area contributed by atoms with Crippen LogP contribution in [0.2, 0.25) is 0 Å². The molecular formula is C13H17N3O4. The molecule has 0 spiro atoms. The number of nitrogens with one attached hydrogen (secondary N) is 1. The van der Waals surface area contributed by atoms with Crippen LogP contribution in [0.1, 0.15) is 31.7 Å². The van der Waals surface area contributed by atoms with E-state index in [4.69, 9.17) is 0 Å². The summed E-state index contributed by atoms with van der Waals surface area (Å²) in [6, 6.07) is 4.16. The Balaban J connectivity index is 2.10. The van der Waals surface area contributed by atoms with E-state index in [1.165, 1.54) is 18.6 Å². The van der Waals surface area contributed by atoms with Crippen molar-refractivity contribution < 1.29 is 9.85 Å². The molecule has 2 unspecified atom stereocenters. The third-order valence-electron chi connectivity index (χ3n) is 3.75. The molecule has 7 nitrogen and oxygen atoms in total. The topological polar surface area (TPSA) is 98.3 Å². The number of rotatable bonds is 5. The van der Waals surface area contributed by atoms with E-state index in [9.17, 15) is 20.2 Å². The van der Waals surface area contributed by atoms with Gasteiger partial charge in [0.15, 0.2) is 0 Å². The van der Waals surface area contributed by atoms with Gasteiger partial charge in [-0.05, 0) is 31.2 Å². The van der Waals surface area contributed by atoms with E-state index in [0.717, 1.165) is 18.9 Å². The largest absolute Gasteiger partial charge is 0.310 e. The minimum absolute atomic E-state index is 0.197. The van der Waals surface area contributed by atoms with Crippen LogP contribution in [0, 0.1) is 26.1 Å². The average Bonchev–Trinajstić information content (AvgIpc) is 2.81. The monoisotopic (exact) mass is 279 g/mol. The molecule has 1 saturated carbocycles. The number of hydrogen-bond donors (Lipinski definition) is 1. The normalized spacial score (nSPS) is 21.9. The summed E-state index contributed by atoms with van der Waals surface area (Å²) in [5.41, 5.74) is 0.0350. The molecule has 1 aliphatic rings. The van der Waals surface area contributed by atoms with Gasteiger partial charge in [0, 0.05) is 24.2 Å². The third kappa shape index (κ3) is 3.30. The van der Waals surface area contributed by atoms with Crippen molar-refractivity contribution in [2.24, 2.45) is 5.92 Å². The molecule has 0 aromatic heterocycles. The minimum Gasteiger partial charge on any atom is -0.310 e. The molecule has 0 radical (unpaired) electrons. The van der Waals surface area contributed by atoms with Gasteiger partial charge >= 0.3 is 0 Å². The molecule has 2 atom stereocenters. The van der Waals surface area contributed by atoms with E-state index in [1.807, 2.05) is 0 Å². The van der Waals surface area contributed by atoms with Gasteiger partial charge in [-0.15, -0.1) is 0 Å². The summed E-state index contributed by atoms with van der Waals surface area (Å²) < 4.78 is 0. The molecule has 108 valence electrons. The van der Waals surface area contributed by atoms with Crippen LogP contribution in [-0.4, -0.2) is 15.9 Å². The van der Waals surface area contributed by atoms with Crippen LogP contribution in [0.3, 0.4) is 0 Å². The smallest absolute Gasteiger partial charge is 0.280 e. The number of hydrogen-bond acceptors (Lipinski definition) is 5. The first-order chi connectivity index (χ1) is 9.47. The van der Waals surface area contributed by atoms with Crippen LogP contribution in [0.15, 0.2) is 18.2 Å². The molecule has 0 saturated heterocycles. The Morgan fingerprint density at radius 3 is 2.55 bits per heavy atom. The molecule has 20 heavy (non-hydrogen) atoms. The Labute approximate surface area is 116 Å². The maximum atomic E-state index is 11.0. The molecule has 1 N–H and O–H groups in total. The first-order valence-electron chi connectivity index (χ1n) is 6.62. The van der Waals surface area contributed by atoms with Crippen LogP contribution in [0.4, 0.5) is 11.4 Å². The van der Waals surface area contributed by atoms with Crippen LogP contribution >= 0.6 is 0 Å². The quantitative estimate of drug-likeness (QED) is 0.660. The lowest BCUT2D eigenvalue weighted by Gasteiger charge is -2.12. The van der Waals surface area contributed by atoms with E-state index < -0.39 is 9.85 Å². The summed E-state index contributed by atoms with van der Waals surface area (Å²) in [6.45, 7) is 2.56. The summed E-state index contributed by atoms with van der Waals surface area (Å²) in [6.07, 6.45) is 3.31. The molecule has 1 aliphatic carbocycles. The summed E-state index contributed by atoms with van der Waals surface area (Å²) in [4.78, 5) is 20.5. The van der Waals surface area contributed by atoms with Gasteiger partial charge in [0.05, 0.1) is 15.9 Å². The van der Waals surface area contributed by atoms with Gasteiger partial charge in [-0.25, -0.2) is 0 Å². The van der Waals surface area contributed by atoms with Gasteiger partial charge in [-0.3, -0.25) is 20.2 Å². The third-order valence-corrected chi connectivity index (χ3v) is 3.75. The molecular weight excluding hydrogens is 262 g/mol. The second kappa shape index (κ2) is 5.96. The molecule has 1 fully saturated rings. The molecule has 7 heteroatoms. The number of non-ortho nitro benzene ring substituents is 1. The lowest BCUT2D eigenvalue weighted by Crippen LogP contribution is -2.26. The van der Waals surface area contributed by atoms with Gasteiger partial charge < -0.3 is 5.32 Å². The molecule has 0 aliphatic heterocycles.